The van der Waals surface area contributed by atoms with Crippen LogP contribution in [-0.2, 0) is 22.5 Å². The monoisotopic (exact) mass is 489 g/mol. The highest BCUT2D eigenvalue weighted by atomic mass is 35.5. The van der Waals surface area contributed by atoms with E-state index in [1.54, 1.807) is 24.4 Å². The third-order valence-corrected chi connectivity index (χ3v) is 6.10. The minimum atomic E-state index is -0.606. The predicted molar refractivity (Wildman–Crippen MR) is 121 cm³/mol. The molecule has 4 rings (SSSR count). The molecule has 2 amide bonds. The highest BCUT2D eigenvalue weighted by Gasteiger charge is 2.37. The topological polar surface area (TPSA) is 91.8 Å². The number of hydrogen-bond acceptors (Lipinski definition) is 5. The molecule has 178 valence electrons. The minimum Gasteiger partial charge on any atom is -0.460 e. The summed E-state index contributed by atoms with van der Waals surface area (Å²) in [6.45, 7) is -0.210. The Labute approximate surface area is 199 Å². The van der Waals surface area contributed by atoms with E-state index < -0.39 is 30.0 Å². The van der Waals surface area contributed by atoms with Gasteiger partial charge in [0.05, 0.1) is 36.3 Å². The fraction of sp³-hybridized carbons (Fsp3) is 0.292. The van der Waals surface area contributed by atoms with Crippen LogP contribution >= 0.6 is 11.6 Å². The zero-order valence-electron chi connectivity index (χ0n) is 18.0. The maximum atomic E-state index is 13.6. The molecule has 2 heterocycles. The Morgan fingerprint density at radius 1 is 1.21 bits per heavy atom. The van der Waals surface area contributed by atoms with Crippen molar-refractivity contribution in [2.45, 2.75) is 31.5 Å². The summed E-state index contributed by atoms with van der Waals surface area (Å²) in [5.74, 6) is -1.51. The molecular weight excluding hydrogens is 468 g/mol. The fourth-order valence-electron chi connectivity index (χ4n) is 3.97. The first-order valence-electron chi connectivity index (χ1n) is 10.7. The molecule has 1 aromatic heterocycles. The number of likely N-dealkylation sites (tertiary alicyclic amines) is 1. The maximum Gasteiger partial charge on any atom is 0.318 e. The van der Waals surface area contributed by atoms with Crippen LogP contribution in [-0.4, -0.2) is 52.3 Å². The summed E-state index contributed by atoms with van der Waals surface area (Å²) in [5, 5.41) is 13.6. The van der Waals surface area contributed by atoms with E-state index >= 15 is 0 Å². The zero-order valence-corrected chi connectivity index (χ0v) is 18.8. The number of rotatable bonds is 6. The van der Waals surface area contributed by atoms with Gasteiger partial charge in [-0.3, -0.25) is 9.78 Å². The summed E-state index contributed by atoms with van der Waals surface area (Å²) in [6.07, 6.45) is 1.11. The van der Waals surface area contributed by atoms with Crippen LogP contribution in [0.3, 0.4) is 0 Å². The van der Waals surface area contributed by atoms with E-state index in [1.165, 1.54) is 29.2 Å². The summed E-state index contributed by atoms with van der Waals surface area (Å²) in [6, 6.07) is 9.22. The van der Waals surface area contributed by atoms with Gasteiger partial charge >= 0.3 is 12.0 Å². The van der Waals surface area contributed by atoms with Gasteiger partial charge in [0.25, 0.3) is 0 Å². The molecule has 1 aliphatic rings. The smallest absolute Gasteiger partial charge is 0.318 e. The van der Waals surface area contributed by atoms with Gasteiger partial charge in [0, 0.05) is 24.5 Å². The second kappa shape index (κ2) is 10.3. The number of nitrogens with zero attached hydrogens (tertiary/aromatic N) is 2. The van der Waals surface area contributed by atoms with Crippen molar-refractivity contribution in [2.75, 3.05) is 13.2 Å². The number of hydrogen-bond donors (Lipinski definition) is 2. The molecule has 0 radical (unpaired) electrons. The molecule has 3 aromatic rings. The van der Waals surface area contributed by atoms with Gasteiger partial charge < -0.3 is 20.1 Å². The van der Waals surface area contributed by atoms with Crippen molar-refractivity contribution in [3.63, 3.8) is 0 Å². The molecule has 10 heteroatoms. The second-order valence-corrected chi connectivity index (χ2v) is 8.43. The Morgan fingerprint density at radius 2 is 2.03 bits per heavy atom. The lowest BCUT2D eigenvalue weighted by atomic mass is 10.1. The number of carbonyl (C=O) groups is 2. The number of nitrogens with one attached hydrogen (secondary N) is 1. The first kappa shape index (κ1) is 23.8. The van der Waals surface area contributed by atoms with Crippen LogP contribution in [0.25, 0.3) is 10.8 Å². The maximum absolute atomic E-state index is 13.6. The molecule has 0 aliphatic carbocycles. The normalized spacial score (nSPS) is 17.7. The van der Waals surface area contributed by atoms with Crippen LogP contribution in [0, 0.1) is 11.6 Å². The average molecular weight is 490 g/mol. The highest BCUT2D eigenvalue weighted by Crippen LogP contribution is 2.23. The third-order valence-electron chi connectivity index (χ3n) is 5.67. The van der Waals surface area contributed by atoms with E-state index in [4.69, 9.17) is 16.3 Å². The fourth-order valence-corrected chi connectivity index (χ4v) is 4.16. The predicted octanol–water partition coefficient (Wildman–Crippen LogP) is 3.60. The molecule has 0 saturated carbocycles. The van der Waals surface area contributed by atoms with Gasteiger partial charge in [-0.15, -0.1) is 0 Å². The Morgan fingerprint density at radius 3 is 2.82 bits per heavy atom. The van der Waals surface area contributed by atoms with Crippen molar-refractivity contribution in [1.82, 2.24) is 15.2 Å². The minimum absolute atomic E-state index is 0.00273. The van der Waals surface area contributed by atoms with E-state index in [1.807, 2.05) is 0 Å². The van der Waals surface area contributed by atoms with E-state index in [9.17, 15) is 23.5 Å². The van der Waals surface area contributed by atoms with Crippen molar-refractivity contribution < 1.29 is 28.2 Å². The highest BCUT2D eigenvalue weighted by molar-refractivity contribution is 6.31. The number of carbonyl (C=O) groups excluding carboxylic acids is 2. The number of halogens is 3. The summed E-state index contributed by atoms with van der Waals surface area (Å²) in [4.78, 5) is 30.7. The number of amides is 2. The Kier molecular flexibility index (Phi) is 7.23. The van der Waals surface area contributed by atoms with Crippen LogP contribution in [0.15, 0.2) is 48.7 Å². The van der Waals surface area contributed by atoms with Gasteiger partial charge in [-0.25, -0.2) is 13.6 Å². The van der Waals surface area contributed by atoms with Gasteiger partial charge in [0.15, 0.2) is 0 Å². The molecule has 0 spiro atoms. The number of esters is 1. The number of ether oxygens (including phenoxy) is 1. The lowest BCUT2D eigenvalue weighted by Gasteiger charge is -2.23. The molecule has 1 aliphatic heterocycles. The number of benzene rings is 2. The second-order valence-electron chi connectivity index (χ2n) is 8.05. The molecule has 2 atom stereocenters. The third kappa shape index (κ3) is 5.43. The summed E-state index contributed by atoms with van der Waals surface area (Å²) in [5.41, 5.74) is 0.849. The van der Waals surface area contributed by atoms with Gasteiger partial charge in [-0.1, -0.05) is 23.7 Å². The summed E-state index contributed by atoms with van der Waals surface area (Å²) in [7, 11) is 0. The number of aromatic nitrogens is 1. The van der Waals surface area contributed by atoms with Crippen molar-refractivity contribution >= 4 is 34.4 Å². The number of urea groups is 1. The van der Waals surface area contributed by atoms with E-state index in [0.29, 0.717) is 16.6 Å². The standard InChI is InChI=1S/C24H22ClF2N3O4/c25-23-15(2-1-3-21(23)27)11-29-24(33)30-12-20(9-19(30)13-31)34-22(32)8-18-7-16-6-17(26)5-4-14(16)10-28-18/h1-7,10,19-20,31H,8-9,11-13H2,(H,29,33)/t19-,20+/m0/s1. The van der Waals surface area contributed by atoms with Gasteiger partial charge in [0.2, 0.25) is 0 Å². The van der Waals surface area contributed by atoms with Gasteiger partial charge in [0.1, 0.15) is 17.7 Å². The van der Waals surface area contributed by atoms with Crippen LogP contribution in [0.1, 0.15) is 17.7 Å². The van der Waals surface area contributed by atoms with Crippen LogP contribution < -0.4 is 5.32 Å². The number of pyridine rings is 1. The first-order chi connectivity index (χ1) is 16.3. The molecule has 1 saturated heterocycles. The summed E-state index contributed by atoms with van der Waals surface area (Å²) < 4.78 is 32.6. The Hall–Kier alpha value is -3.30. The molecule has 34 heavy (non-hydrogen) atoms. The Bertz CT molecular complexity index is 1230. The first-order valence-corrected chi connectivity index (χ1v) is 11.0. The molecule has 0 unspecified atom stereocenters. The Balaban J connectivity index is 1.34. The van der Waals surface area contributed by atoms with E-state index in [2.05, 4.69) is 10.3 Å². The van der Waals surface area contributed by atoms with Crippen molar-refractivity contribution in [3.8, 4) is 0 Å². The van der Waals surface area contributed by atoms with Crippen molar-refractivity contribution in [1.29, 1.82) is 0 Å². The quantitative estimate of drug-likeness (QED) is 0.516. The molecular formula is C24H22ClF2N3O4. The van der Waals surface area contributed by atoms with E-state index in [0.717, 1.165) is 5.39 Å². The molecule has 7 nitrogen and oxygen atoms in total. The van der Waals surface area contributed by atoms with Gasteiger partial charge in [-0.2, -0.15) is 0 Å². The largest absolute Gasteiger partial charge is 0.460 e. The van der Waals surface area contributed by atoms with E-state index in [-0.39, 0.29) is 43.4 Å². The van der Waals surface area contributed by atoms with Gasteiger partial charge in [-0.05, 0) is 41.3 Å². The molecule has 1 fully saturated rings. The number of fused-ring (bicyclic) bond motifs is 1. The zero-order chi connectivity index (χ0) is 24.2. The summed E-state index contributed by atoms with van der Waals surface area (Å²) >= 11 is 5.92. The SMILES string of the molecule is O=C(Cc1cc2cc(F)ccc2cn1)O[C@@H]1C[C@@H](CO)N(C(=O)NCc2cccc(F)c2Cl)C1. The van der Waals surface area contributed by atoms with Crippen molar-refractivity contribution in [2.24, 2.45) is 0 Å². The number of aliphatic hydroxyl groups excluding tert-OH is 1. The average Bonchev–Trinajstić information content (AvgIpc) is 3.22. The molecule has 0 bridgehead atoms. The van der Waals surface area contributed by atoms with Crippen LogP contribution in [0.2, 0.25) is 5.02 Å². The number of aliphatic hydroxyl groups is 1. The lowest BCUT2D eigenvalue weighted by Crippen LogP contribution is -2.44. The molecule has 2 N–H and O–H groups in total. The van der Waals surface area contributed by atoms with Crippen LogP contribution in [0.5, 0.6) is 0 Å². The molecule has 2 aromatic carbocycles. The van der Waals surface area contributed by atoms with Crippen molar-refractivity contribution in [3.05, 3.63) is 76.6 Å². The van der Waals surface area contributed by atoms with Crippen LogP contribution in [0.4, 0.5) is 13.6 Å². The lowest BCUT2D eigenvalue weighted by molar-refractivity contribution is -0.147.